The first-order valence-electron chi connectivity index (χ1n) is 11.8. The van der Waals surface area contributed by atoms with E-state index in [9.17, 15) is 4.79 Å². The summed E-state index contributed by atoms with van der Waals surface area (Å²) >= 11 is 0. The zero-order valence-corrected chi connectivity index (χ0v) is 20.1. The normalized spacial score (nSPS) is 11.4. The Labute approximate surface area is 206 Å². The Kier molecular flexibility index (Phi) is 8.08. The third-order valence-corrected chi connectivity index (χ3v) is 5.72. The molecule has 0 spiro atoms. The standard InChI is InChI=1S/C31H29NO3/c1-3-35-31(33)29(32-30(25-11-6-4-7-12-25)26-13-8-5-9-14-26)21-23-17-19-24(20-18-23)27-15-10-16-28(22-27)34-2/h4-20,22,29H,3,21H2,1-2H3/t29-/m0/s1. The minimum Gasteiger partial charge on any atom is -0.497 e. The van der Waals surface area contributed by atoms with Crippen LogP contribution in [0.4, 0.5) is 0 Å². The van der Waals surface area contributed by atoms with E-state index in [1.807, 2.05) is 97.9 Å². The van der Waals surface area contributed by atoms with E-state index in [0.717, 1.165) is 39.3 Å². The van der Waals surface area contributed by atoms with E-state index in [1.54, 1.807) is 7.11 Å². The third kappa shape index (κ3) is 6.24. The van der Waals surface area contributed by atoms with Gasteiger partial charge in [0.05, 0.1) is 19.4 Å². The first kappa shape index (κ1) is 24.0. The molecule has 0 aliphatic heterocycles. The summed E-state index contributed by atoms with van der Waals surface area (Å²) in [6, 6.07) is 35.4. The molecule has 0 N–H and O–H groups in total. The van der Waals surface area contributed by atoms with E-state index in [0.29, 0.717) is 13.0 Å². The molecule has 176 valence electrons. The fourth-order valence-corrected chi connectivity index (χ4v) is 3.94. The quantitative estimate of drug-likeness (QED) is 0.214. The van der Waals surface area contributed by atoms with Crippen molar-refractivity contribution >= 4 is 11.7 Å². The van der Waals surface area contributed by atoms with Crippen LogP contribution in [0.5, 0.6) is 5.75 Å². The first-order valence-corrected chi connectivity index (χ1v) is 11.8. The van der Waals surface area contributed by atoms with Gasteiger partial charge >= 0.3 is 5.97 Å². The maximum absolute atomic E-state index is 13.0. The Morgan fingerprint density at radius 2 is 1.40 bits per heavy atom. The minimum atomic E-state index is -0.659. The van der Waals surface area contributed by atoms with Crippen molar-refractivity contribution in [1.82, 2.24) is 0 Å². The van der Waals surface area contributed by atoms with Crippen LogP contribution in [0.1, 0.15) is 23.6 Å². The molecule has 0 bridgehead atoms. The number of hydrogen-bond acceptors (Lipinski definition) is 4. The van der Waals surface area contributed by atoms with Crippen molar-refractivity contribution in [1.29, 1.82) is 0 Å². The number of hydrogen-bond donors (Lipinski definition) is 0. The van der Waals surface area contributed by atoms with E-state index >= 15 is 0 Å². The van der Waals surface area contributed by atoms with Crippen molar-refractivity contribution in [2.45, 2.75) is 19.4 Å². The number of methoxy groups -OCH3 is 1. The second kappa shape index (κ2) is 11.8. The Hall–Kier alpha value is -4.18. The number of carbonyl (C=O) groups is 1. The van der Waals surface area contributed by atoms with E-state index in [-0.39, 0.29) is 5.97 Å². The summed E-state index contributed by atoms with van der Waals surface area (Å²) < 4.78 is 10.8. The van der Waals surface area contributed by atoms with Crippen LogP contribution in [0.2, 0.25) is 0 Å². The van der Waals surface area contributed by atoms with Crippen molar-refractivity contribution in [3.63, 3.8) is 0 Å². The highest BCUT2D eigenvalue weighted by atomic mass is 16.5. The van der Waals surface area contributed by atoms with E-state index in [2.05, 4.69) is 18.2 Å². The molecule has 0 aromatic heterocycles. The SMILES string of the molecule is CCOC(=O)[C@H](Cc1ccc(-c2cccc(OC)c2)cc1)N=C(c1ccccc1)c1ccccc1. The zero-order valence-electron chi connectivity index (χ0n) is 20.1. The molecule has 0 saturated carbocycles. The smallest absolute Gasteiger partial charge is 0.331 e. The average molecular weight is 464 g/mol. The van der Waals surface area contributed by atoms with Crippen molar-refractivity contribution in [3.8, 4) is 16.9 Å². The average Bonchev–Trinajstić information content (AvgIpc) is 2.92. The number of nitrogens with zero attached hydrogens (tertiary/aromatic N) is 1. The molecular weight excluding hydrogens is 434 g/mol. The van der Waals surface area contributed by atoms with Gasteiger partial charge in [0.15, 0.2) is 6.04 Å². The summed E-state index contributed by atoms with van der Waals surface area (Å²) in [5.74, 6) is 0.492. The van der Waals surface area contributed by atoms with Gasteiger partial charge in [-0.1, -0.05) is 97.1 Å². The summed E-state index contributed by atoms with van der Waals surface area (Å²) in [6.07, 6.45) is 0.445. The van der Waals surface area contributed by atoms with Gasteiger partial charge in [0.1, 0.15) is 5.75 Å². The zero-order chi connectivity index (χ0) is 24.5. The van der Waals surface area contributed by atoms with Gasteiger partial charge in [-0.3, -0.25) is 4.99 Å². The Balaban J connectivity index is 1.66. The summed E-state index contributed by atoms with van der Waals surface area (Å²) in [4.78, 5) is 17.9. The molecule has 0 heterocycles. The molecular formula is C31H29NO3. The molecule has 4 aromatic rings. The number of ether oxygens (including phenoxy) is 2. The van der Waals surface area contributed by atoms with Crippen LogP contribution in [-0.2, 0) is 16.0 Å². The second-order valence-corrected chi connectivity index (χ2v) is 8.11. The van der Waals surface area contributed by atoms with E-state index in [1.165, 1.54) is 0 Å². The molecule has 0 unspecified atom stereocenters. The third-order valence-electron chi connectivity index (χ3n) is 5.72. The Morgan fingerprint density at radius 1 is 0.771 bits per heavy atom. The highest BCUT2D eigenvalue weighted by molar-refractivity contribution is 6.13. The van der Waals surface area contributed by atoms with Gasteiger partial charge in [-0.25, -0.2) is 4.79 Å². The largest absolute Gasteiger partial charge is 0.497 e. The van der Waals surface area contributed by atoms with E-state index < -0.39 is 6.04 Å². The fourth-order valence-electron chi connectivity index (χ4n) is 3.94. The molecule has 0 saturated heterocycles. The van der Waals surface area contributed by atoms with Crippen LogP contribution < -0.4 is 4.74 Å². The van der Waals surface area contributed by atoms with Crippen LogP contribution >= 0.6 is 0 Å². The molecule has 1 atom stereocenters. The number of carbonyl (C=O) groups excluding carboxylic acids is 1. The van der Waals surface area contributed by atoms with Crippen LogP contribution in [0, 0.1) is 0 Å². The summed E-state index contributed by atoms with van der Waals surface area (Å²) in [6.45, 7) is 2.13. The van der Waals surface area contributed by atoms with E-state index in [4.69, 9.17) is 14.5 Å². The predicted octanol–water partition coefficient (Wildman–Crippen LogP) is 6.37. The lowest BCUT2D eigenvalue weighted by Gasteiger charge is -2.16. The maximum atomic E-state index is 13.0. The molecule has 4 rings (SSSR count). The van der Waals surface area contributed by atoms with Crippen LogP contribution in [0.25, 0.3) is 11.1 Å². The number of aliphatic imine (C=N–C) groups is 1. The molecule has 4 aromatic carbocycles. The van der Waals surface area contributed by atoms with Crippen LogP contribution in [-0.4, -0.2) is 31.4 Å². The van der Waals surface area contributed by atoms with Gasteiger partial charge in [0, 0.05) is 17.5 Å². The van der Waals surface area contributed by atoms with Crippen molar-refractivity contribution < 1.29 is 14.3 Å². The lowest BCUT2D eigenvalue weighted by Crippen LogP contribution is -2.26. The highest BCUT2D eigenvalue weighted by Gasteiger charge is 2.21. The summed E-state index contributed by atoms with van der Waals surface area (Å²) in [5.41, 5.74) is 5.86. The van der Waals surface area contributed by atoms with Crippen LogP contribution in [0.15, 0.2) is 114 Å². The summed E-state index contributed by atoms with van der Waals surface area (Å²) in [7, 11) is 1.66. The minimum absolute atomic E-state index is 0.311. The van der Waals surface area contributed by atoms with Crippen molar-refractivity contribution in [2.75, 3.05) is 13.7 Å². The monoisotopic (exact) mass is 463 g/mol. The maximum Gasteiger partial charge on any atom is 0.331 e. The lowest BCUT2D eigenvalue weighted by atomic mass is 9.99. The molecule has 0 radical (unpaired) electrons. The molecule has 0 aliphatic carbocycles. The molecule has 4 heteroatoms. The van der Waals surface area contributed by atoms with Gasteiger partial charge < -0.3 is 9.47 Å². The van der Waals surface area contributed by atoms with Gasteiger partial charge in [0.2, 0.25) is 0 Å². The molecule has 4 nitrogen and oxygen atoms in total. The molecule has 35 heavy (non-hydrogen) atoms. The number of benzene rings is 4. The fraction of sp³-hybridized carbons (Fsp3) is 0.161. The molecule has 0 amide bonds. The topological polar surface area (TPSA) is 47.9 Å². The van der Waals surface area contributed by atoms with Crippen LogP contribution in [0.3, 0.4) is 0 Å². The molecule has 0 fully saturated rings. The van der Waals surface area contributed by atoms with Crippen molar-refractivity contribution in [3.05, 3.63) is 126 Å². The van der Waals surface area contributed by atoms with Crippen molar-refractivity contribution in [2.24, 2.45) is 4.99 Å². The number of rotatable bonds is 9. The molecule has 0 aliphatic rings. The second-order valence-electron chi connectivity index (χ2n) is 8.11. The Morgan fingerprint density at radius 3 is 1.97 bits per heavy atom. The number of esters is 1. The lowest BCUT2D eigenvalue weighted by molar-refractivity contribution is -0.144. The Bertz CT molecular complexity index is 1220. The summed E-state index contributed by atoms with van der Waals surface area (Å²) in [5, 5.41) is 0. The first-order chi connectivity index (χ1) is 17.2. The predicted molar refractivity (Wildman–Crippen MR) is 141 cm³/mol. The van der Waals surface area contributed by atoms with Gasteiger partial charge in [0.25, 0.3) is 0 Å². The van der Waals surface area contributed by atoms with Gasteiger partial charge in [-0.2, -0.15) is 0 Å². The van der Waals surface area contributed by atoms with Gasteiger partial charge in [-0.15, -0.1) is 0 Å². The van der Waals surface area contributed by atoms with Gasteiger partial charge in [-0.05, 0) is 35.7 Å². The highest BCUT2D eigenvalue weighted by Crippen LogP contribution is 2.25.